The second-order valence-corrected chi connectivity index (χ2v) is 5.45. The Bertz CT molecular complexity index is 670. The fraction of sp³-hybridized carbons (Fsp3) is 0.125. The van der Waals surface area contributed by atoms with Gasteiger partial charge in [-0.3, -0.25) is 4.79 Å². The van der Waals surface area contributed by atoms with E-state index in [1.807, 2.05) is 31.2 Å². The first-order valence-electron chi connectivity index (χ1n) is 6.36. The number of thioether (sulfide) groups is 1. The van der Waals surface area contributed by atoms with E-state index in [2.05, 4.69) is 5.32 Å². The minimum absolute atomic E-state index is 0.103. The number of carbonyl (C=O) groups excluding carboxylic acids is 2. The quantitative estimate of drug-likeness (QED) is 0.858. The van der Waals surface area contributed by atoms with Crippen LogP contribution >= 0.6 is 11.8 Å². The van der Waals surface area contributed by atoms with Crippen LogP contribution in [0, 0.1) is 6.92 Å². The van der Waals surface area contributed by atoms with Crippen molar-refractivity contribution < 1.29 is 14.7 Å². The van der Waals surface area contributed by atoms with Crippen LogP contribution in [0.5, 0.6) is 0 Å². The molecule has 0 aliphatic rings. The van der Waals surface area contributed by atoms with Gasteiger partial charge in [0.1, 0.15) is 0 Å². The Labute approximate surface area is 127 Å². The first-order valence-corrected chi connectivity index (χ1v) is 7.35. The van der Waals surface area contributed by atoms with Crippen LogP contribution in [0.2, 0.25) is 0 Å². The fourth-order valence-electron chi connectivity index (χ4n) is 1.80. The number of aryl methyl sites for hydroxylation is 1. The third-order valence-electron chi connectivity index (χ3n) is 2.88. The van der Waals surface area contributed by atoms with Gasteiger partial charge in [0.2, 0.25) is 5.91 Å². The molecule has 2 aromatic rings. The van der Waals surface area contributed by atoms with Crippen molar-refractivity contribution >= 4 is 29.3 Å². The van der Waals surface area contributed by atoms with Gasteiger partial charge in [-0.05, 0) is 24.6 Å². The van der Waals surface area contributed by atoms with Gasteiger partial charge in [-0.1, -0.05) is 36.4 Å². The lowest BCUT2D eigenvalue weighted by Gasteiger charge is -2.10. The molecule has 0 radical (unpaired) electrons. The third-order valence-corrected chi connectivity index (χ3v) is 3.96. The number of hydrogen-bond acceptors (Lipinski definition) is 4. The van der Waals surface area contributed by atoms with Gasteiger partial charge in [-0.25, -0.2) is 0 Å². The Hall–Kier alpha value is -2.27. The van der Waals surface area contributed by atoms with Crippen LogP contribution in [0.25, 0.3) is 0 Å². The van der Waals surface area contributed by atoms with Gasteiger partial charge in [0, 0.05) is 16.1 Å². The van der Waals surface area contributed by atoms with Crippen molar-refractivity contribution in [2.75, 3.05) is 11.1 Å². The van der Waals surface area contributed by atoms with E-state index >= 15 is 0 Å². The number of carbonyl (C=O) groups is 2. The van der Waals surface area contributed by atoms with Crippen LogP contribution in [-0.4, -0.2) is 17.6 Å². The summed E-state index contributed by atoms with van der Waals surface area (Å²) < 4.78 is 0. The van der Waals surface area contributed by atoms with Gasteiger partial charge in [0.25, 0.3) is 0 Å². The van der Waals surface area contributed by atoms with E-state index in [4.69, 9.17) is 0 Å². The maximum atomic E-state index is 11.9. The predicted molar refractivity (Wildman–Crippen MR) is 81.3 cm³/mol. The van der Waals surface area contributed by atoms with Crippen molar-refractivity contribution in [1.82, 2.24) is 0 Å². The van der Waals surface area contributed by atoms with Crippen molar-refractivity contribution in [2.45, 2.75) is 11.8 Å². The number of aromatic carboxylic acids is 1. The van der Waals surface area contributed by atoms with Crippen molar-refractivity contribution in [3.8, 4) is 0 Å². The van der Waals surface area contributed by atoms with E-state index in [0.29, 0.717) is 4.90 Å². The molecule has 2 aromatic carbocycles. The molecule has 2 rings (SSSR count). The third kappa shape index (κ3) is 4.10. The number of para-hydroxylation sites is 1. The Morgan fingerprint density at radius 1 is 1.10 bits per heavy atom. The van der Waals surface area contributed by atoms with Gasteiger partial charge in [0.05, 0.1) is 11.7 Å². The molecule has 0 aliphatic heterocycles. The van der Waals surface area contributed by atoms with Gasteiger partial charge in [-0.15, -0.1) is 11.8 Å². The molecule has 4 nitrogen and oxygen atoms in total. The average molecular weight is 300 g/mol. The zero-order valence-corrected chi connectivity index (χ0v) is 12.3. The van der Waals surface area contributed by atoms with Crippen molar-refractivity contribution in [3.63, 3.8) is 0 Å². The summed E-state index contributed by atoms with van der Waals surface area (Å²) >= 11 is 1.18. The van der Waals surface area contributed by atoms with Crippen molar-refractivity contribution in [3.05, 3.63) is 59.7 Å². The van der Waals surface area contributed by atoms with Gasteiger partial charge in [0.15, 0.2) is 0 Å². The molecular formula is C16H14NO3S-. The molecule has 1 N–H and O–H groups in total. The normalized spacial score (nSPS) is 10.1. The van der Waals surface area contributed by atoms with Crippen molar-refractivity contribution in [1.29, 1.82) is 0 Å². The van der Waals surface area contributed by atoms with Crippen LogP contribution in [0.15, 0.2) is 53.4 Å². The topological polar surface area (TPSA) is 69.2 Å². The molecule has 1 amide bonds. The first kappa shape index (κ1) is 15.1. The fourth-order valence-corrected chi connectivity index (χ4v) is 2.64. The van der Waals surface area contributed by atoms with E-state index in [1.54, 1.807) is 18.2 Å². The maximum Gasteiger partial charge on any atom is 0.234 e. The second kappa shape index (κ2) is 6.95. The molecular weight excluding hydrogens is 286 g/mol. The molecule has 108 valence electrons. The SMILES string of the molecule is Cc1ccccc1NC(=O)CSc1ccccc1C(=O)[O-]. The molecule has 0 spiro atoms. The van der Waals surface area contributed by atoms with Crippen LogP contribution in [0.4, 0.5) is 5.69 Å². The molecule has 0 fully saturated rings. The summed E-state index contributed by atoms with van der Waals surface area (Å²) in [5.74, 6) is -1.28. The van der Waals surface area contributed by atoms with E-state index in [-0.39, 0.29) is 17.2 Å². The number of benzene rings is 2. The summed E-state index contributed by atoms with van der Waals surface area (Å²) in [6.07, 6.45) is 0. The van der Waals surface area contributed by atoms with Crippen LogP contribution < -0.4 is 10.4 Å². The van der Waals surface area contributed by atoms with Gasteiger partial charge in [-0.2, -0.15) is 0 Å². The zero-order valence-electron chi connectivity index (χ0n) is 11.5. The first-order chi connectivity index (χ1) is 10.1. The Morgan fingerprint density at radius 2 is 1.76 bits per heavy atom. The molecule has 0 unspecified atom stereocenters. The average Bonchev–Trinajstić information content (AvgIpc) is 2.48. The number of rotatable bonds is 5. The lowest BCUT2D eigenvalue weighted by molar-refractivity contribution is -0.255. The number of nitrogens with one attached hydrogen (secondary N) is 1. The lowest BCUT2D eigenvalue weighted by atomic mass is 10.2. The molecule has 0 saturated carbocycles. The van der Waals surface area contributed by atoms with E-state index in [1.165, 1.54) is 17.8 Å². The molecule has 0 aliphatic carbocycles. The van der Waals surface area contributed by atoms with Crippen LogP contribution in [0.3, 0.4) is 0 Å². The number of anilines is 1. The van der Waals surface area contributed by atoms with Crippen LogP contribution in [0.1, 0.15) is 15.9 Å². The summed E-state index contributed by atoms with van der Waals surface area (Å²) in [4.78, 5) is 23.4. The highest BCUT2D eigenvalue weighted by molar-refractivity contribution is 8.00. The van der Waals surface area contributed by atoms with Gasteiger partial charge < -0.3 is 15.2 Å². The molecule has 5 heteroatoms. The summed E-state index contributed by atoms with van der Waals surface area (Å²) in [5.41, 5.74) is 1.84. The highest BCUT2D eigenvalue weighted by Gasteiger charge is 2.08. The molecule has 0 saturated heterocycles. The summed E-state index contributed by atoms with van der Waals surface area (Å²) in [7, 11) is 0. The Balaban J connectivity index is 1.99. The smallest absolute Gasteiger partial charge is 0.234 e. The standard InChI is InChI=1S/C16H15NO3S/c1-11-6-2-4-8-13(11)17-15(18)10-21-14-9-5-3-7-12(14)16(19)20/h2-9H,10H2,1H3,(H,17,18)(H,19,20)/p-1. The summed E-state index contributed by atoms with van der Waals surface area (Å²) in [6.45, 7) is 1.91. The monoisotopic (exact) mass is 300 g/mol. The Morgan fingerprint density at radius 3 is 2.48 bits per heavy atom. The lowest BCUT2D eigenvalue weighted by Crippen LogP contribution is -2.23. The minimum atomic E-state index is -1.24. The zero-order chi connectivity index (χ0) is 15.2. The molecule has 0 atom stereocenters. The Kier molecular flexibility index (Phi) is 5.00. The molecule has 0 bridgehead atoms. The molecule has 21 heavy (non-hydrogen) atoms. The highest BCUT2D eigenvalue weighted by atomic mass is 32.2. The van der Waals surface area contributed by atoms with E-state index in [0.717, 1.165) is 11.3 Å². The number of hydrogen-bond donors (Lipinski definition) is 1. The van der Waals surface area contributed by atoms with E-state index < -0.39 is 5.97 Å². The number of carboxylic acid groups (broad SMARTS) is 1. The second-order valence-electron chi connectivity index (χ2n) is 4.44. The summed E-state index contributed by atoms with van der Waals surface area (Å²) in [6, 6.07) is 14.0. The predicted octanol–water partition coefficient (Wildman–Crippen LogP) is 2.09. The minimum Gasteiger partial charge on any atom is -0.545 e. The molecule has 0 heterocycles. The van der Waals surface area contributed by atoms with Crippen molar-refractivity contribution in [2.24, 2.45) is 0 Å². The summed E-state index contributed by atoms with van der Waals surface area (Å²) in [5, 5.41) is 13.8. The highest BCUT2D eigenvalue weighted by Crippen LogP contribution is 2.22. The molecule has 0 aromatic heterocycles. The van der Waals surface area contributed by atoms with E-state index in [9.17, 15) is 14.7 Å². The largest absolute Gasteiger partial charge is 0.545 e. The van der Waals surface area contributed by atoms with Gasteiger partial charge >= 0.3 is 0 Å². The maximum absolute atomic E-state index is 11.9. The number of carboxylic acids is 1. The van der Waals surface area contributed by atoms with Crippen LogP contribution in [-0.2, 0) is 4.79 Å². The number of amides is 1.